The van der Waals surface area contributed by atoms with E-state index in [0.717, 1.165) is 154 Å². The maximum atomic E-state index is 12.9. The molecule has 0 amide bonds. The van der Waals surface area contributed by atoms with Gasteiger partial charge in [0.15, 0.2) is 6.10 Å². The van der Waals surface area contributed by atoms with Gasteiger partial charge in [-0.05, 0) is 135 Å². The van der Waals surface area contributed by atoms with Crippen LogP contribution in [0.1, 0.15) is 252 Å². The van der Waals surface area contributed by atoms with Gasteiger partial charge in [0.1, 0.15) is 25.4 Å². The molecule has 0 aliphatic heterocycles. The summed E-state index contributed by atoms with van der Waals surface area (Å²) in [5, 5.41) is 20.5. The highest BCUT2D eigenvalue weighted by Crippen LogP contribution is 2.45. The van der Waals surface area contributed by atoms with Crippen LogP contribution in [0.4, 0.5) is 0 Å². The van der Waals surface area contributed by atoms with E-state index in [9.17, 15) is 43.5 Å². The SMILES string of the molecule is CC/C=C\C/C=C\C/C=C\C/C=C\C/C=C\CCCCCCCC(=O)OCC(O)COP(=O)(O)OCC(O)COP(=O)(O)OCC(COC(=O)CCCCC/C=C\C/C=C\C/C=C\C/C=C\C/C=C\CC)OC(=O)CCCCCCC/C=C\CCCCCCCC. The van der Waals surface area contributed by atoms with Gasteiger partial charge >= 0.3 is 33.6 Å². The predicted molar refractivity (Wildman–Crippen MR) is 371 cm³/mol. The fourth-order valence-electron chi connectivity index (χ4n) is 8.62. The van der Waals surface area contributed by atoms with Crippen molar-refractivity contribution in [3.8, 4) is 0 Å². The van der Waals surface area contributed by atoms with Gasteiger partial charge in [0.2, 0.25) is 0 Å². The molecule has 16 nitrogen and oxygen atoms in total. The van der Waals surface area contributed by atoms with Crippen molar-refractivity contribution in [1.82, 2.24) is 0 Å². The van der Waals surface area contributed by atoms with Gasteiger partial charge in [-0.25, -0.2) is 9.13 Å². The van der Waals surface area contributed by atoms with Crippen molar-refractivity contribution in [2.75, 3.05) is 39.6 Å². The fraction of sp³-hybridized carbons (Fsp3) is 0.658. The third-order valence-corrected chi connectivity index (χ3v) is 15.7. The van der Waals surface area contributed by atoms with E-state index in [2.05, 4.69) is 154 Å². The van der Waals surface area contributed by atoms with Gasteiger partial charge in [0.25, 0.3) is 0 Å². The molecule has 0 fully saturated rings. The summed E-state index contributed by atoms with van der Waals surface area (Å²) in [4.78, 5) is 58.4. The van der Waals surface area contributed by atoms with E-state index < -0.39 is 91.5 Å². The Morgan fingerprint density at radius 1 is 0.319 bits per heavy atom. The van der Waals surface area contributed by atoms with Crippen LogP contribution in [0.3, 0.4) is 0 Å². The molecule has 5 atom stereocenters. The number of aliphatic hydroxyl groups is 2. The van der Waals surface area contributed by atoms with E-state index in [4.69, 9.17) is 32.3 Å². The van der Waals surface area contributed by atoms with E-state index in [-0.39, 0.29) is 19.3 Å². The third kappa shape index (κ3) is 66.9. The lowest BCUT2D eigenvalue weighted by atomic mass is 10.1. The molecule has 0 aromatic rings. The topological polar surface area (TPSA) is 231 Å². The maximum absolute atomic E-state index is 12.9. The Balaban J connectivity index is 4.73. The minimum atomic E-state index is -4.94. The minimum Gasteiger partial charge on any atom is -0.463 e. The molecule has 0 saturated heterocycles. The molecule has 0 bridgehead atoms. The van der Waals surface area contributed by atoms with Gasteiger partial charge in [-0.2, -0.15) is 0 Å². The largest absolute Gasteiger partial charge is 0.472 e. The van der Waals surface area contributed by atoms with Crippen molar-refractivity contribution < 1.29 is 75.8 Å². The molecule has 0 rings (SSSR count). The smallest absolute Gasteiger partial charge is 0.463 e. The normalized spacial score (nSPS) is 15.0. The van der Waals surface area contributed by atoms with Crippen LogP contribution in [0.15, 0.2) is 134 Å². The molecule has 0 aromatic heterocycles. The number of esters is 3. The zero-order chi connectivity index (χ0) is 66.7. The number of phosphoric ester groups is 2. The zero-order valence-electron chi connectivity index (χ0n) is 56.2. The maximum Gasteiger partial charge on any atom is 0.472 e. The first-order valence-electron chi connectivity index (χ1n) is 34.5. The van der Waals surface area contributed by atoms with Crippen molar-refractivity contribution in [3.05, 3.63) is 134 Å². The Kier molecular flexibility index (Phi) is 62.6. The predicted octanol–water partition coefficient (Wildman–Crippen LogP) is 19.2. The Morgan fingerprint density at radius 2 is 0.582 bits per heavy atom. The van der Waals surface area contributed by atoms with Gasteiger partial charge in [-0.1, -0.05) is 231 Å². The number of unbranched alkanes of at least 4 members (excludes halogenated alkanes) is 19. The molecule has 0 saturated carbocycles. The number of ether oxygens (including phenoxy) is 3. The monoisotopic (exact) mass is 1320 g/mol. The second kappa shape index (κ2) is 65.7. The first kappa shape index (κ1) is 86.7. The van der Waals surface area contributed by atoms with Gasteiger partial charge in [0, 0.05) is 19.3 Å². The number of rotatable bonds is 64. The van der Waals surface area contributed by atoms with Crippen molar-refractivity contribution in [2.45, 2.75) is 270 Å². The first-order chi connectivity index (χ1) is 44.2. The van der Waals surface area contributed by atoms with Crippen molar-refractivity contribution in [2.24, 2.45) is 0 Å². The molecule has 91 heavy (non-hydrogen) atoms. The van der Waals surface area contributed by atoms with Gasteiger partial charge < -0.3 is 34.2 Å². The zero-order valence-corrected chi connectivity index (χ0v) is 58.0. The van der Waals surface area contributed by atoms with Crippen LogP contribution in [-0.4, -0.2) is 95.9 Å². The lowest BCUT2D eigenvalue weighted by Gasteiger charge is -2.21. The average Bonchev–Trinajstić information content (AvgIpc) is 3.09. The van der Waals surface area contributed by atoms with Crippen LogP contribution >= 0.6 is 15.6 Å². The number of aliphatic hydroxyl groups excluding tert-OH is 2. The molecule has 0 radical (unpaired) electrons. The average molecular weight is 1320 g/mol. The first-order valence-corrected chi connectivity index (χ1v) is 37.5. The van der Waals surface area contributed by atoms with Gasteiger partial charge in [-0.15, -0.1) is 0 Å². The molecular weight excluding hydrogens is 1190 g/mol. The van der Waals surface area contributed by atoms with Crippen LogP contribution in [0.25, 0.3) is 0 Å². The molecule has 5 unspecified atom stereocenters. The molecule has 4 N–H and O–H groups in total. The summed E-state index contributed by atoms with van der Waals surface area (Å²) in [5.74, 6) is -1.65. The Labute approximate surface area is 550 Å². The summed E-state index contributed by atoms with van der Waals surface area (Å²) >= 11 is 0. The van der Waals surface area contributed by atoms with Crippen LogP contribution in [0.2, 0.25) is 0 Å². The molecule has 0 spiro atoms. The van der Waals surface area contributed by atoms with Gasteiger partial charge in [0.05, 0.1) is 26.4 Å². The standard InChI is InChI=1S/C73H122O16P2/c1-4-7-10-13-16-19-22-25-28-30-32-33-35-37-39-41-44-47-50-53-56-59-71(76)83-62-68(74)63-85-90(79,80)86-64-69(75)65-87-91(81,82)88-67-70(89-73(78)61-58-55-52-49-46-43-38-27-24-21-18-15-12-9-6-3)66-84-72(77)60-57-54-51-48-45-42-40-36-34-31-29-26-23-20-17-14-11-8-5-2/h7-8,10-11,16-17,19-20,25-29,32-34,36-39,42,45,68-70,74-75H,4-6,9,12-15,18,21-24,30-31,35,40-41,43-44,46-67H2,1-3H3,(H,79,80)(H,81,82)/b10-7-,11-8-,19-16-,20-17-,28-25-,29-26-,33-32-,36-34-,38-27-,39-37-,45-42-. The molecule has 18 heteroatoms. The highest BCUT2D eigenvalue weighted by atomic mass is 31.2. The second-order valence-corrected chi connectivity index (χ2v) is 25.5. The van der Waals surface area contributed by atoms with E-state index in [1.165, 1.54) is 38.5 Å². The van der Waals surface area contributed by atoms with Crippen LogP contribution in [-0.2, 0) is 55.8 Å². The Hall–Kier alpha value is -4.31. The summed E-state index contributed by atoms with van der Waals surface area (Å²) in [6, 6.07) is 0. The summed E-state index contributed by atoms with van der Waals surface area (Å²) in [7, 11) is -9.80. The van der Waals surface area contributed by atoms with E-state index >= 15 is 0 Å². The third-order valence-electron chi connectivity index (χ3n) is 13.8. The van der Waals surface area contributed by atoms with E-state index in [1.54, 1.807) is 0 Å². The van der Waals surface area contributed by atoms with Crippen molar-refractivity contribution in [1.29, 1.82) is 0 Å². The lowest BCUT2D eigenvalue weighted by Crippen LogP contribution is -2.30. The molecule has 0 aliphatic carbocycles. The number of allylic oxidation sites excluding steroid dienone is 22. The summed E-state index contributed by atoms with van der Waals surface area (Å²) in [6.45, 7) is 2.35. The summed E-state index contributed by atoms with van der Waals surface area (Å²) in [6.07, 6.45) is 76.4. The van der Waals surface area contributed by atoms with E-state index in [1.807, 2.05) is 0 Å². The molecule has 520 valence electrons. The molecule has 0 aliphatic rings. The summed E-state index contributed by atoms with van der Waals surface area (Å²) in [5.41, 5.74) is 0. The number of hydrogen-bond donors (Lipinski definition) is 4. The number of hydrogen-bond acceptors (Lipinski definition) is 14. The van der Waals surface area contributed by atoms with Gasteiger partial charge in [-0.3, -0.25) is 32.5 Å². The number of carbonyl (C=O) groups is 3. The fourth-order valence-corrected chi connectivity index (χ4v) is 10.2. The second-order valence-electron chi connectivity index (χ2n) is 22.6. The highest BCUT2D eigenvalue weighted by molar-refractivity contribution is 7.47. The van der Waals surface area contributed by atoms with E-state index in [0.29, 0.717) is 19.3 Å². The Morgan fingerprint density at radius 3 is 0.945 bits per heavy atom. The van der Waals surface area contributed by atoms with Crippen LogP contribution in [0, 0.1) is 0 Å². The van der Waals surface area contributed by atoms with Crippen LogP contribution in [0.5, 0.6) is 0 Å². The van der Waals surface area contributed by atoms with Crippen molar-refractivity contribution in [3.63, 3.8) is 0 Å². The quantitative estimate of drug-likeness (QED) is 0.0146. The van der Waals surface area contributed by atoms with Crippen LogP contribution < -0.4 is 0 Å². The molecule has 0 heterocycles. The Bertz CT molecular complexity index is 2190. The van der Waals surface area contributed by atoms with Crippen molar-refractivity contribution >= 4 is 33.6 Å². The number of phosphoric acid groups is 2. The lowest BCUT2D eigenvalue weighted by molar-refractivity contribution is -0.161. The highest BCUT2D eigenvalue weighted by Gasteiger charge is 2.29. The number of carbonyl (C=O) groups excluding carboxylic acids is 3. The molecular formula is C73H122O16P2. The summed E-state index contributed by atoms with van der Waals surface area (Å²) < 4.78 is 60.9. The minimum absolute atomic E-state index is 0.0831. The molecule has 0 aromatic carbocycles.